The molecule has 0 bridgehead atoms. The Labute approximate surface area is 181 Å². The van der Waals surface area contributed by atoms with Gasteiger partial charge < -0.3 is 14.2 Å². The van der Waals surface area contributed by atoms with Gasteiger partial charge in [-0.2, -0.15) is 0 Å². The van der Waals surface area contributed by atoms with E-state index in [0.717, 1.165) is 25.7 Å². The minimum Gasteiger partial charge on any atom is -0.490 e. The van der Waals surface area contributed by atoms with Crippen LogP contribution in [0.5, 0.6) is 11.5 Å². The summed E-state index contributed by atoms with van der Waals surface area (Å²) < 4.78 is 17.1. The van der Waals surface area contributed by atoms with Crippen molar-refractivity contribution in [1.82, 2.24) is 0 Å². The number of ether oxygens (including phenoxy) is 3. The minimum atomic E-state index is -0.580. The highest BCUT2D eigenvalue weighted by Gasteiger charge is 2.20. The lowest BCUT2D eigenvalue weighted by Gasteiger charge is -2.19. The van der Waals surface area contributed by atoms with Crippen molar-refractivity contribution >= 4 is 17.5 Å². The van der Waals surface area contributed by atoms with Crippen LogP contribution in [0.25, 0.3) is 0 Å². The summed E-state index contributed by atoms with van der Waals surface area (Å²) in [7, 11) is 0. The van der Waals surface area contributed by atoms with Crippen molar-refractivity contribution in [3.05, 3.63) is 58.1 Å². The molecule has 1 fully saturated rings. The van der Waals surface area contributed by atoms with Crippen LogP contribution in [0.2, 0.25) is 0 Å². The average molecular weight is 428 g/mol. The van der Waals surface area contributed by atoms with Crippen LogP contribution in [0.4, 0.5) is 16.2 Å². The molecule has 1 aliphatic carbocycles. The highest BCUT2D eigenvalue weighted by molar-refractivity contribution is 5.84. The first-order valence-electron chi connectivity index (χ1n) is 10.4. The number of hydrogen-bond acceptors (Lipinski definition) is 6. The monoisotopic (exact) mass is 428 g/mol. The summed E-state index contributed by atoms with van der Waals surface area (Å²) in [4.78, 5) is 22.6. The molecule has 166 valence electrons. The maximum atomic E-state index is 11.9. The Kier molecular flexibility index (Phi) is 6.99. The predicted octanol–water partition coefficient (Wildman–Crippen LogP) is 5.84. The van der Waals surface area contributed by atoms with Gasteiger partial charge in [-0.1, -0.05) is 0 Å². The maximum absolute atomic E-state index is 11.9. The topological polar surface area (TPSA) is 99.9 Å². The van der Waals surface area contributed by atoms with Gasteiger partial charge in [-0.15, -0.1) is 0 Å². The van der Waals surface area contributed by atoms with Gasteiger partial charge in [0, 0.05) is 23.4 Å². The molecule has 0 atom stereocenters. The molecule has 8 nitrogen and oxygen atoms in total. The van der Waals surface area contributed by atoms with Gasteiger partial charge in [-0.3, -0.25) is 15.4 Å². The number of hydrogen-bond donors (Lipinski definition) is 1. The molecule has 0 aromatic heterocycles. The van der Waals surface area contributed by atoms with E-state index >= 15 is 0 Å². The van der Waals surface area contributed by atoms with Crippen LogP contribution in [0.1, 0.15) is 52.0 Å². The standard InChI is InChI=1S/C23H28N2O6/c1-23(2,3)31-22(26)24-17-8-11-19(12-9-17)29-15-16-14-18(25(27)28)10-13-21(16)30-20-6-4-5-7-20/h8-14,20H,4-7,15H2,1-3H3,(H,24,26). The molecule has 8 heteroatoms. The van der Waals surface area contributed by atoms with Gasteiger partial charge in [0.05, 0.1) is 11.0 Å². The molecule has 0 heterocycles. The van der Waals surface area contributed by atoms with Crippen LogP contribution in [-0.4, -0.2) is 22.7 Å². The van der Waals surface area contributed by atoms with Crippen LogP contribution in [0, 0.1) is 10.1 Å². The van der Waals surface area contributed by atoms with Gasteiger partial charge in [0.25, 0.3) is 5.69 Å². The molecule has 1 aliphatic rings. The third-order valence-corrected chi connectivity index (χ3v) is 4.74. The molecule has 1 N–H and O–H groups in total. The van der Waals surface area contributed by atoms with Gasteiger partial charge in [-0.05, 0) is 76.8 Å². The number of nitrogens with one attached hydrogen (secondary N) is 1. The summed E-state index contributed by atoms with van der Waals surface area (Å²) in [5, 5.41) is 13.8. The number of nitro groups is 1. The molecule has 0 unspecified atom stereocenters. The summed E-state index contributed by atoms with van der Waals surface area (Å²) >= 11 is 0. The molecule has 1 saturated carbocycles. The fourth-order valence-corrected chi connectivity index (χ4v) is 3.31. The van der Waals surface area contributed by atoms with Crippen molar-refractivity contribution < 1.29 is 23.9 Å². The van der Waals surface area contributed by atoms with Gasteiger partial charge in [0.15, 0.2) is 0 Å². The van der Waals surface area contributed by atoms with E-state index in [9.17, 15) is 14.9 Å². The van der Waals surface area contributed by atoms with E-state index in [2.05, 4.69) is 5.32 Å². The molecule has 31 heavy (non-hydrogen) atoms. The molecule has 0 saturated heterocycles. The number of amides is 1. The highest BCUT2D eigenvalue weighted by Crippen LogP contribution is 2.30. The number of nitro benzene ring substituents is 1. The normalized spacial score (nSPS) is 14.2. The lowest BCUT2D eigenvalue weighted by atomic mass is 10.1. The minimum absolute atomic E-state index is 0.00530. The van der Waals surface area contributed by atoms with Gasteiger partial charge in [-0.25, -0.2) is 4.79 Å². The number of anilines is 1. The highest BCUT2D eigenvalue weighted by atomic mass is 16.6. The fraction of sp³-hybridized carbons (Fsp3) is 0.435. The molecule has 3 rings (SSSR count). The second-order valence-electron chi connectivity index (χ2n) is 8.51. The Hall–Kier alpha value is -3.29. The third kappa shape index (κ3) is 6.87. The Morgan fingerprint density at radius 1 is 1.13 bits per heavy atom. The quantitative estimate of drug-likeness (QED) is 0.439. The number of carbonyl (C=O) groups is 1. The summed E-state index contributed by atoms with van der Waals surface area (Å²) in [5.41, 5.74) is 0.609. The van der Waals surface area contributed by atoms with Crippen molar-refractivity contribution in [2.45, 2.75) is 64.8 Å². The number of carbonyl (C=O) groups excluding carboxylic acids is 1. The van der Waals surface area contributed by atoms with Crippen molar-refractivity contribution in [1.29, 1.82) is 0 Å². The molecule has 0 spiro atoms. The molecule has 2 aromatic rings. The largest absolute Gasteiger partial charge is 0.490 e. The van der Waals surface area contributed by atoms with Crippen molar-refractivity contribution in [2.24, 2.45) is 0 Å². The Morgan fingerprint density at radius 2 is 1.81 bits per heavy atom. The van der Waals surface area contributed by atoms with Crippen molar-refractivity contribution in [2.75, 3.05) is 5.32 Å². The third-order valence-electron chi connectivity index (χ3n) is 4.74. The second-order valence-corrected chi connectivity index (χ2v) is 8.51. The molecule has 0 aliphatic heterocycles. The summed E-state index contributed by atoms with van der Waals surface area (Å²) in [6.45, 7) is 5.51. The van der Waals surface area contributed by atoms with Crippen LogP contribution < -0.4 is 14.8 Å². The number of rotatable bonds is 7. The lowest BCUT2D eigenvalue weighted by Crippen LogP contribution is -2.27. The summed E-state index contributed by atoms with van der Waals surface area (Å²) in [6.07, 6.45) is 3.84. The first kappa shape index (κ1) is 22.4. The first-order chi connectivity index (χ1) is 14.7. The van der Waals surface area contributed by atoms with Crippen LogP contribution in [-0.2, 0) is 11.3 Å². The van der Waals surface area contributed by atoms with Crippen LogP contribution >= 0.6 is 0 Å². The molecular weight excluding hydrogens is 400 g/mol. The van der Waals surface area contributed by atoms with E-state index in [1.165, 1.54) is 12.1 Å². The van der Waals surface area contributed by atoms with Crippen molar-refractivity contribution in [3.8, 4) is 11.5 Å². The van der Waals surface area contributed by atoms with E-state index in [4.69, 9.17) is 14.2 Å². The van der Waals surface area contributed by atoms with E-state index in [1.807, 2.05) is 0 Å². The Balaban J connectivity index is 1.64. The second kappa shape index (κ2) is 9.68. The van der Waals surface area contributed by atoms with E-state index < -0.39 is 16.6 Å². The number of nitrogens with zero attached hydrogens (tertiary/aromatic N) is 1. The Morgan fingerprint density at radius 3 is 2.42 bits per heavy atom. The van der Waals surface area contributed by atoms with E-state index in [-0.39, 0.29) is 18.4 Å². The summed E-state index contributed by atoms with van der Waals surface area (Å²) in [5.74, 6) is 1.17. The maximum Gasteiger partial charge on any atom is 0.412 e. The van der Waals surface area contributed by atoms with Gasteiger partial charge in [0.2, 0.25) is 0 Å². The molecule has 0 radical (unpaired) electrons. The zero-order chi connectivity index (χ0) is 22.4. The molecule has 2 aromatic carbocycles. The van der Waals surface area contributed by atoms with E-state index in [1.54, 1.807) is 51.1 Å². The van der Waals surface area contributed by atoms with Crippen LogP contribution in [0.15, 0.2) is 42.5 Å². The van der Waals surface area contributed by atoms with Crippen LogP contribution in [0.3, 0.4) is 0 Å². The Bertz CT molecular complexity index is 915. The zero-order valence-electron chi connectivity index (χ0n) is 18.1. The predicted molar refractivity (Wildman–Crippen MR) is 117 cm³/mol. The molecule has 1 amide bonds. The lowest BCUT2D eigenvalue weighted by molar-refractivity contribution is -0.385. The first-order valence-corrected chi connectivity index (χ1v) is 10.4. The number of non-ortho nitro benzene ring substituents is 1. The number of benzene rings is 2. The SMILES string of the molecule is CC(C)(C)OC(=O)Nc1ccc(OCc2cc([N+](=O)[O-])ccc2OC2CCCC2)cc1. The smallest absolute Gasteiger partial charge is 0.412 e. The summed E-state index contributed by atoms with van der Waals surface area (Å²) in [6, 6.07) is 11.4. The zero-order valence-corrected chi connectivity index (χ0v) is 18.1. The van der Waals surface area contributed by atoms with Gasteiger partial charge >= 0.3 is 6.09 Å². The average Bonchev–Trinajstić information content (AvgIpc) is 3.20. The fourth-order valence-electron chi connectivity index (χ4n) is 3.31. The van der Waals surface area contributed by atoms with Gasteiger partial charge in [0.1, 0.15) is 23.7 Å². The van der Waals surface area contributed by atoms with E-state index in [0.29, 0.717) is 22.7 Å². The van der Waals surface area contributed by atoms with Crippen molar-refractivity contribution in [3.63, 3.8) is 0 Å². The molecular formula is C23H28N2O6.